The third kappa shape index (κ3) is 2.69. The second-order valence-corrected chi connectivity index (χ2v) is 4.57. The molecule has 0 aromatic rings. The molecule has 0 aromatic carbocycles. The van der Waals surface area contributed by atoms with E-state index in [1.165, 1.54) is 12.8 Å². The van der Waals surface area contributed by atoms with E-state index in [1.807, 2.05) is 0 Å². The van der Waals surface area contributed by atoms with Crippen molar-refractivity contribution in [2.75, 3.05) is 13.7 Å². The number of aliphatic hydroxyl groups excluding tert-OH is 1. The fraction of sp³-hybridized carbons (Fsp3) is 1.00. The fourth-order valence-corrected chi connectivity index (χ4v) is 2.05. The van der Waals surface area contributed by atoms with Gasteiger partial charge in [-0.25, -0.2) is 0 Å². The molecule has 0 spiro atoms. The highest BCUT2D eigenvalue weighted by Gasteiger charge is 2.34. The van der Waals surface area contributed by atoms with E-state index in [4.69, 9.17) is 5.73 Å². The molecule has 3 N–H and O–H groups in total. The van der Waals surface area contributed by atoms with Gasteiger partial charge in [-0.15, -0.1) is 0 Å². The molecule has 3 atom stereocenters. The Morgan fingerprint density at radius 2 is 2.07 bits per heavy atom. The van der Waals surface area contributed by atoms with Gasteiger partial charge in [-0.1, -0.05) is 6.92 Å². The van der Waals surface area contributed by atoms with Crippen molar-refractivity contribution >= 4 is 0 Å². The molecule has 1 rings (SSSR count). The lowest BCUT2D eigenvalue weighted by atomic mass is 10.0. The zero-order chi connectivity index (χ0) is 10.7. The van der Waals surface area contributed by atoms with Crippen LogP contribution in [-0.2, 0) is 0 Å². The van der Waals surface area contributed by atoms with Crippen molar-refractivity contribution in [3.8, 4) is 0 Å². The van der Waals surface area contributed by atoms with Gasteiger partial charge in [0.25, 0.3) is 0 Å². The zero-order valence-electron chi connectivity index (χ0n) is 9.61. The average Bonchev–Trinajstić information content (AvgIpc) is 3.00. The highest BCUT2D eigenvalue weighted by Crippen LogP contribution is 2.35. The van der Waals surface area contributed by atoms with Crippen LogP contribution in [0.3, 0.4) is 0 Å². The second kappa shape index (κ2) is 5.10. The lowest BCUT2D eigenvalue weighted by molar-refractivity contribution is 0.0875. The fourth-order valence-electron chi connectivity index (χ4n) is 2.05. The van der Waals surface area contributed by atoms with Crippen LogP contribution in [0.4, 0.5) is 0 Å². The maximum absolute atomic E-state index is 9.33. The Hall–Kier alpha value is -0.120. The molecule has 1 aliphatic rings. The van der Waals surface area contributed by atoms with Crippen LogP contribution in [0, 0.1) is 5.92 Å². The molecule has 0 aliphatic heterocycles. The molecule has 1 saturated carbocycles. The molecular formula is C11H24N2O. The summed E-state index contributed by atoms with van der Waals surface area (Å²) >= 11 is 0. The molecule has 0 bridgehead atoms. The van der Waals surface area contributed by atoms with Gasteiger partial charge in [0.05, 0.1) is 6.61 Å². The van der Waals surface area contributed by atoms with E-state index in [1.54, 1.807) is 0 Å². The summed E-state index contributed by atoms with van der Waals surface area (Å²) in [6, 6.07) is 0.770. The molecule has 3 heteroatoms. The van der Waals surface area contributed by atoms with Crippen molar-refractivity contribution in [2.24, 2.45) is 11.7 Å². The minimum Gasteiger partial charge on any atom is -0.395 e. The van der Waals surface area contributed by atoms with E-state index in [2.05, 4.69) is 25.8 Å². The number of hydrogen-bond donors (Lipinski definition) is 2. The van der Waals surface area contributed by atoms with Crippen LogP contribution in [0.15, 0.2) is 0 Å². The van der Waals surface area contributed by atoms with Gasteiger partial charge in [0.15, 0.2) is 0 Å². The van der Waals surface area contributed by atoms with Crippen molar-refractivity contribution in [3.05, 3.63) is 0 Å². The topological polar surface area (TPSA) is 49.5 Å². The summed E-state index contributed by atoms with van der Waals surface area (Å²) in [5, 5.41) is 9.33. The third-order valence-corrected chi connectivity index (χ3v) is 3.62. The highest BCUT2D eigenvalue weighted by molar-refractivity contribution is 4.89. The first-order valence-corrected chi connectivity index (χ1v) is 5.70. The molecule has 3 nitrogen and oxygen atoms in total. The Labute approximate surface area is 87.3 Å². The van der Waals surface area contributed by atoms with Gasteiger partial charge in [-0.3, -0.25) is 4.90 Å². The number of rotatable bonds is 6. The third-order valence-electron chi connectivity index (χ3n) is 3.62. The smallest absolute Gasteiger partial charge is 0.0601 e. The molecule has 1 fully saturated rings. The number of likely N-dealkylation sites (N-methyl/N-ethyl adjacent to an activating group) is 1. The molecule has 14 heavy (non-hydrogen) atoms. The van der Waals surface area contributed by atoms with E-state index in [0.717, 1.165) is 12.3 Å². The Balaban J connectivity index is 2.49. The summed E-state index contributed by atoms with van der Waals surface area (Å²) in [5.41, 5.74) is 5.99. The highest BCUT2D eigenvalue weighted by atomic mass is 16.3. The molecule has 1 aliphatic carbocycles. The summed E-state index contributed by atoms with van der Waals surface area (Å²) < 4.78 is 0. The van der Waals surface area contributed by atoms with Crippen LogP contribution in [-0.4, -0.2) is 41.8 Å². The minimum absolute atomic E-state index is 0.0891. The average molecular weight is 200 g/mol. The molecule has 0 aromatic heterocycles. The maximum atomic E-state index is 9.33. The van der Waals surface area contributed by atoms with E-state index in [0.29, 0.717) is 6.04 Å². The lowest BCUT2D eigenvalue weighted by Gasteiger charge is -2.35. The summed E-state index contributed by atoms with van der Waals surface area (Å²) in [5.74, 6) is 0.832. The zero-order valence-corrected chi connectivity index (χ0v) is 9.61. The molecule has 84 valence electrons. The van der Waals surface area contributed by atoms with Crippen LogP contribution in [0.25, 0.3) is 0 Å². The van der Waals surface area contributed by atoms with Crippen molar-refractivity contribution in [2.45, 2.75) is 51.2 Å². The van der Waals surface area contributed by atoms with Crippen molar-refractivity contribution in [1.82, 2.24) is 4.90 Å². The molecule has 3 unspecified atom stereocenters. The Morgan fingerprint density at radius 1 is 1.50 bits per heavy atom. The minimum atomic E-state index is 0.0891. The predicted octanol–water partition coefficient (Wildman–Crippen LogP) is 0.815. The summed E-state index contributed by atoms with van der Waals surface area (Å²) in [6.45, 7) is 4.48. The molecular weight excluding hydrogens is 176 g/mol. The first kappa shape index (κ1) is 12.0. The summed E-state index contributed by atoms with van der Waals surface area (Å²) in [4.78, 5) is 2.26. The van der Waals surface area contributed by atoms with Crippen LogP contribution >= 0.6 is 0 Å². The van der Waals surface area contributed by atoms with Crippen LogP contribution in [0.1, 0.15) is 33.1 Å². The van der Waals surface area contributed by atoms with Crippen LogP contribution in [0.5, 0.6) is 0 Å². The first-order valence-electron chi connectivity index (χ1n) is 5.70. The van der Waals surface area contributed by atoms with Gasteiger partial charge < -0.3 is 10.8 Å². The predicted molar refractivity (Wildman–Crippen MR) is 59.1 cm³/mol. The normalized spacial score (nSPS) is 23.6. The number of nitrogens with zero attached hydrogens (tertiary/aromatic N) is 1. The Bertz CT molecular complexity index is 171. The second-order valence-electron chi connectivity index (χ2n) is 4.57. The van der Waals surface area contributed by atoms with Gasteiger partial charge >= 0.3 is 0 Å². The van der Waals surface area contributed by atoms with E-state index in [9.17, 15) is 5.11 Å². The van der Waals surface area contributed by atoms with Gasteiger partial charge in [-0.2, -0.15) is 0 Å². The summed E-state index contributed by atoms with van der Waals surface area (Å²) in [7, 11) is 2.08. The van der Waals surface area contributed by atoms with Crippen molar-refractivity contribution < 1.29 is 5.11 Å². The van der Waals surface area contributed by atoms with Crippen LogP contribution in [0.2, 0.25) is 0 Å². The monoisotopic (exact) mass is 200 g/mol. The van der Waals surface area contributed by atoms with Gasteiger partial charge in [0.1, 0.15) is 0 Å². The molecule has 0 radical (unpaired) electrons. The molecule has 0 saturated heterocycles. The quantitative estimate of drug-likeness (QED) is 0.667. The van der Waals surface area contributed by atoms with Crippen molar-refractivity contribution in [1.29, 1.82) is 0 Å². The van der Waals surface area contributed by atoms with Crippen LogP contribution < -0.4 is 5.73 Å². The molecule has 0 amide bonds. The number of nitrogens with two attached hydrogens (primary N) is 1. The van der Waals surface area contributed by atoms with Crippen molar-refractivity contribution in [3.63, 3.8) is 0 Å². The lowest BCUT2D eigenvalue weighted by Crippen LogP contribution is -2.51. The van der Waals surface area contributed by atoms with Gasteiger partial charge in [0.2, 0.25) is 0 Å². The van der Waals surface area contributed by atoms with Gasteiger partial charge in [0, 0.05) is 18.1 Å². The van der Waals surface area contributed by atoms with E-state index in [-0.39, 0.29) is 18.7 Å². The maximum Gasteiger partial charge on any atom is 0.0601 e. The Kier molecular flexibility index (Phi) is 4.35. The molecule has 0 heterocycles. The largest absolute Gasteiger partial charge is 0.395 e. The van der Waals surface area contributed by atoms with E-state index < -0.39 is 0 Å². The number of hydrogen-bond acceptors (Lipinski definition) is 3. The van der Waals surface area contributed by atoms with Gasteiger partial charge in [-0.05, 0) is 39.2 Å². The first-order chi connectivity index (χ1) is 6.61. The number of aliphatic hydroxyl groups is 1. The van der Waals surface area contributed by atoms with E-state index >= 15 is 0 Å². The standard InChI is InChI=1S/C11H24N2O/c1-4-10(12)11(7-14)13(3)8(2)9-5-6-9/h8-11,14H,4-7,12H2,1-3H3. The SMILES string of the molecule is CCC(N)C(CO)N(C)C(C)C1CC1. The Morgan fingerprint density at radius 3 is 2.43 bits per heavy atom. The summed E-state index contributed by atoms with van der Waals surface area (Å²) in [6.07, 6.45) is 3.60.